The molecule has 4 heteroatoms. The Balaban J connectivity index is 1.59. The van der Waals surface area contributed by atoms with Crippen LogP contribution < -0.4 is 9.47 Å². The summed E-state index contributed by atoms with van der Waals surface area (Å²) in [5.74, 6) is 1.97. The summed E-state index contributed by atoms with van der Waals surface area (Å²) in [7, 11) is 0. The van der Waals surface area contributed by atoms with Crippen molar-refractivity contribution in [1.82, 2.24) is 0 Å². The zero-order chi connectivity index (χ0) is 23.0. The molecule has 0 aliphatic heterocycles. The summed E-state index contributed by atoms with van der Waals surface area (Å²) >= 11 is 0. The summed E-state index contributed by atoms with van der Waals surface area (Å²) < 4.78 is 11.3. The number of ether oxygens (including phenoxy) is 2. The topological polar surface area (TPSA) is 52.6 Å². The minimum atomic E-state index is 0.169. The Kier molecular flexibility index (Phi) is 12.2. The van der Waals surface area contributed by atoms with E-state index in [2.05, 4.69) is 13.8 Å². The molecule has 0 aromatic heterocycles. The highest BCUT2D eigenvalue weighted by Gasteiger charge is 2.08. The quantitative estimate of drug-likeness (QED) is 0.190. The van der Waals surface area contributed by atoms with Crippen LogP contribution in [0, 0.1) is 0 Å². The number of carbonyl (C=O) groups is 2. The van der Waals surface area contributed by atoms with Crippen LogP contribution in [-0.2, 0) is 0 Å². The summed E-state index contributed by atoms with van der Waals surface area (Å²) in [6.45, 7) is 5.69. The van der Waals surface area contributed by atoms with E-state index >= 15 is 0 Å². The standard InChI is InChI=1S/C28H38O4/c1-3-5-21-31-25-17-13-23(14-18-25)27(29)11-9-7-8-10-12-28(30)24-15-19-26(20-16-24)32-22-6-4-2/h13-20H,3-12,21-22H2,1-2H3. The van der Waals surface area contributed by atoms with Crippen LogP contribution in [0.25, 0.3) is 0 Å². The molecule has 0 radical (unpaired) electrons. The fraction of sp³-hybridized carbons (Fsp3) is 0.500. The smallest absolute Gasteiger partial charge is 0.162 e. The minimum absolute atomic E-state index is 0.169. The van der Waals surface area contributed by atoms with E-state index in [-0.39, 0.29) is 11.6 Å². The average Bonchev–Trinajstić information content (AvgIpc) is 2.82. The molecule has 0 atom stereocenters. The molecule has 0 aliphatic rings. The van der Waals surface area contributed by atoms with Crippen molar-refractivity contribution in [3.8, 4) is 11.5 Å². The van der Waals surface area contributed by atoms with Gasteiger partial charge in [0.25, 0.3) is 0 Å². The number of hydrogen-bond donors (Lipinski definition) is 0. The number of unbranched alkanes of at least 4 members (excludes halogenated alkanes) is 5. The van der Waals surface area contributed by atoms with Gasteiger partial charge in [0.2, 0.25) is 0 Å². The third-order valence-corrected chi connectivity index (χ3v) is 5.44. The van der Waals surface area contributed by atoms with Crippen LogP contribution in [0.3, 0.4) is 0 Å². The number of Topliss-reactive ketones (excluding diaryl/α,β-unsaturated/α-hetero) is 2. The molecule has 0 unspecified atom stereocenters. The number of benzene rings is 2. The van der Waals surface area contributed by atoms with Gasteiger partial charge in [-0.05, 0) is 74.2 Å². The molecule has 0 N–H and O–H groups in total. The Morgan fingerprint density at radius 3 is 1.28 bits per heavy atom. The van der Waals surface area contributed by atoms with E-state index in [9.17, 15) is 9.59 Å². The summed E-state index contributed by atoms with van der Waals surface area (Å²) in [5, 5.41) is 0. The van der Waals surface area contributed by atoms with Gasteiger partial charge in [0.1, 0.15) is 11.5 Å². The number of ketones is 2. The lowest BCUT2D eigenvalue weighted by molar-refractivity contribution is 0.0966. The van der Waals surface area contributed by atoms with Crippen molar-refractivity contribution in [1.29, 1.82) is 0 Å². The summed E-state index contributed by atoms with van der Waals surface area (Å²) in [4.78, 5) is 24.7. The summed E-state index contributed by atoms with van der Waals surface area (Å²) in [6.07, 6.45) is 8.99. The third-order valence-electron chi connectivity index (χ3n) is 5.44. The molecule has 0 amide bonds. The summed E-state index contributed by atoms with van der Waals surface area (Å²) in [5.41, 5.74) is 1.48. The predicted molar refractivity (Wildman–Crippen MR) is 130 cm³/mol. The van der Waals surface area contributed by atoms with Crippen molar-refractivity contribution < 1.29 is 19.1 Å². The second kappa shape index (κ2) is 15.2. The van der Waals surface area contributed by atoms with Crippen molar-refractivity contribution in [2.75, 3.05) is 13.2 Å². The van der Waals surface area contributed by atoms with Gasteiger partial charge in [0.05, 0.1) is 13.2 Å². The SMILES string of the molecule is CCCCOc1ccc(C(=O)CCCCCCC(=O)c2ccc(OCCCC)cc2)cc1. The lowest BCUT2D eigenvalue weighted by Crippen LogP contribution is -2.01. The molecule has 2 aromatic carbocycles. The van der Waals surface area contributed by atoms with E-state index in [0.29, 0.717) is 26.1 Å². The van der Waals surface area contributed by atoms with Crippen LogP contribution in [0.1, 0.15) is 98.8 Å². The number of rotatable bonds is 17. The Bertz CT molecular complexity index is 724. The van der Waals surface area contributed by atoms with E-state index in [4.69, 9.17) is 9.47 Å². The van der Waals surface area contributed by atoms with Gasteiger partial charge in [0.15, 0.2) is 11.6 Å². The third kappa shape index (κ3) is 9.67. The second-order valence-corrected chi connectivity index (χ2v) is 8.21. The van der Waals surface area contributed by atoms with Crippen LogP contribution in [0.15, 0.2) is 48.5 Å². The zero-order valence-electron chi connectivity index (χ0n) is 19.7. The molecule has 0 bridgehead atoms. The van der Waals surface area contributed by atoms with Gasteiger partial charge in [-0.15, -0.1) is 0 Å². The van der Waals surface area contributed by atoms with E-state index in [0.717, 1.165) is 74.0 Å². The molecule has 0 heterocycles. The molecule has 174 valence electrons. The fourth-order valence-electron chi connectivity index (χ4n) is 3.36. The molecule has 2 aromatic rings. The van der Waals surface area contributed by atoms with Crippen LogP contribution in [-0.4, -0.2) is 24.8 Å². The van der Waals surface area contributed by atoms with Crippen molar-refractivity contribution in [2.45, 2.75) is 78.1 Å². The van der Waals surface area contributed by atoms with Gasteiger partial charge in [-0.3, -0.25) is 9.59 Å². The maximum Gasteiger partial charge on any atom is 0.162 e. The molecule has 0 spiro atoms. The molecule has 0 saturated heterocycles. The average molecular weight is 439 g/mol. The van der Waals surface area contributed by atoms with Crippen LogP contribution in [0.2, 0.25) is 0 Å². The van der Waals surface area contributed by atoms with Gasteiger partial charge in [0, 0.05) is 24.0 Å². The molecule has 0 saturated carbocycles. The van der Waals surface area contributed by atoms with Crippen molar-refractivity contribution in [2.24, 2.45) is 0 Å². The van der Waals surface area contributed by atoms with E-state index in [1.165, 1.54) is 0 Å². The lowest BCUT2D eigenvalue weighted by atomic mass is 10.0. The van der Waals surface area contributed by atoms with Gasteiger partial charge in [-0.1, -0.05) is 39.5 Å². The molecule has 2 rings (SSSR count). The van der Waals surface area contributed by atoms with Crippen LogP contribution in [0.5, 0.6) is 11.5 Å². The first-order valence-corrected chi connectivity index (χ1v) is 12.2. The van der Waals surface area contributed by atoms with Gasteiger partial charge in [-0.2, -0.15) is 0 Å². The first kappa shape index (κ1) is 25.6. The number of hydrogen-bond acceptors (Lipinski definition) is 4. The van der Waals surface area contributed by atoms with Gasteiger partial charge >= 0.3 is 0 Å². The van der Waals surface area contributed by atoms with Gasteiger partial charge in [-0.25, -0.2) is 0 Å². The summed E-state index contributed by atoms with van der Waals surface area (Å²) in [6, 6.07) is 14.9. The molecule has 0 aliphatic carbocycles. The predicted octanol–water partition coefficient (Wildman–Crippen LogP) is 7.45. The van der Waals surface area contributed by atoms with Crippen LogP contribution >= 0.6 is 0 Å². The normalized spacial score (nSPS) is 10.7. The Labute approximate surface area is 193 Å². The monoisotopic (exact) mass is 438 g/mol. The lowest BCUT2D eigenvalue weighted by Gasteiger charge is -2.07. The molecule has 0 fully saturated rings. The van der Waals surface area contributed by atoms with E-state index in [1.807, 2.05) is 48.5 Å². The Morgan fingerprint density at radius 1 is 0.562 bits per heavy atom. The first-order chi connectivity index (χ1) is 15.6. The second-order valence-electron chi connectivity index (χ2n) is 8.21. The minimum Gasteiger partial charge on any atom is -0.494 e. The maximum atomic E-state index is 12.3. The first-order valence-electron chi connectivity index (χ1n) is 12.2. The molecule has 4 nitrogen and oxygen atoms in total. The van der Waals surface area contributed by atoms with Gasteiger partial charge < -0.3 is 9.47 Å². The molecular formula is C28H38O4. The number of carbonyl (C=O) groups excluding carboxylic acids is 2. The highest BCUT2D eigenvalue weighted by atomic mass is 16.5. The van der Waals surface area contributed by atoms with Crippen molar-refractivity contribution in [3.05, 3.63) is 59.7 Å². The van der Waals surface area contributed by atoms with E-state index < -0.39 is 0 Å². The van der Waals surface area contributed by atoms with E-state index in [1.54, 1.807) is 0 Å². The highest BCUT2D eigenvalue weighted by Crippen LogP contribution is 2.17. The zero-order valence-corrected chi connectivity index (χ0v) is 19.7. The molecular weight excluding hydrogens is 400 g/mol. The Morgan fingerprint density at radius 2 is 0.938 bits per heavy atom. The Hall–Kier alpha value is -2.62. The largest absolute Gasteiger partial charge is 0.494 e. The highest BCUT2D eigenvalue weighted by molar-refractivity contribution is 5.96. The fourth-order valence-corrected chi connectivity index (χ4v) is 3.36. The van der Waals surface area contributed by atoms with Crippen molar-refractivity contribution in [3.63, 3.8) is 0 Å². The van der Waals surface area contributed by atoms with Crippen LogP contribution in [0.4, 0.5) is 0 Å². The molecule has 32 heavy (non-hydrogen) atoms. The maximum absolute atomic E-state index is 12.3. The van der Waals surface area contributed by atoms with Crippen molar-refractivity contribution >= 4 is 11.6 Å².